The van der Waals surface area contributed by atoms with Crippen LogP contribution in [0.1, 0.15) is 62.2 Å². The van der Waals surface area contributed by atoms with Crippen LogP contribution in [0.25, 0.3) is 0 Å². The second-order valence-corrected chi connectivity index (χ2v) is 17.0. The van der Waals surface area contributed by atoms with E-state index in [0.717, 1.165) is 31.2 Å². The first-order chi connectivity index (χ1) is 25.9. The maximum atomic E-state index is 14.4. The SMILES string of the molecule is CC[C@H](C)[C@@H](C(=O)N[C@@H](Cc1ccccc1)[C@H](O)CN(CC1CCCC1)S(=O)(=O)c1ccc(OC)cc1)N1CCN(Cc2csc(CNC(=O)O)n2)C1=O. The molecule has 4 N–H and O–H groups in total. The summed E-state index contributed by atoms with van der Waals surface area (Å²) in [5, 5.41) is 28.6. The summed E-state index contributed by atoms with van der Waals surface area (Å²) in [5.41, 5.74) is 1.48. The predicted octanol–water partition coefficient (Wildman–Crippen LogP) is 4.54. The van der Waals surface area contributed by atoms with Crippen LogP contribution in [0, 0.1) is 11.8 Å². The Labute approximate surface area is 321 Å². The Balaban J connectivity index is 1.36. The maximum Gasteiger partial charge on any atom is 0.405 e. The van der Waals surface area contributed by atoms with Crippen LogP contribution >= 0.6 is 11.3 Å². The van der Waals surface area contributed by atoms with Gasteiger partial charge in [-0.15, -0.1) is 11.3 Å². The second-order valence-electron chi connectivity index (χ2n) is 14.1. The summed E-state index contributed by atoms with van der Waals surface area (Å²) >= 11 is 1.30. The highest BCUT2D eigenvalue weighted by atomic mass is 32.2. The van der Waals surface area contributed by atoms with Gasteiger partial charge in [-0.2, -0.15) is 4.31 Å². The third-order valence-corrected chi connectivity index (χ3v) is 13.1. The summed E-state index contributed by atoms with van der Waals surface area (Å²) in [4.78, 5) is 46.8. The van der Waals surface area contributed by atoms with E-state index in [0.29, 0.717) is 36.0 Å². The monoisotopic (exact) mass is 784 g/mol. The topological polar surface area (TPSA) is 182 Å². The van der Waals surface area contributed by atoms with Crippen LogP contribution in [0.5, 0.6) is 5.75 Å². The number of amides is 4. The first-order valence-electron chi connectivity index (χ1n) is 18.5. The lowest BCUT2D eigenvalue weighted by molar-refractivity contribution is -0.128. The number of carbonyl (C=O) groups is 3. The molecule has 4 amide bonds. The zero-order chi connectivity index (χ0) is 38.8. The van der Waals surface area contributed by atoms with Crippen LogP contribution in [-0.2, 0) is 34.3 Å². The van der Waals surface area contributed by atoms with Crippen LogP contribution in [0.4, 0.5) is 9.59 Å². The number of carbonyl (C=O) groups excluding carboxylic acids is 2. The zero-order valence-electron chi connectivity index (χ0n) is 31.1. The number of hydrogen-bond acceptors (Lipinski definition) is 9. The number of nitrogens with one attached hydrogen (secondary N) is 2. The third kappa shape index (κ3) is 10.5. The van der Waals surface area contributed by atoms with Crippen LogP contribution in [0.3, 0.4) is 0 Å². The molecule has 2 heterocycles. The largest absolute Gasteiger partial charge is 0.497 e. The molecule has 2 fully saturated rings. The Morgan fingerprint density at radius 2 is 1.80 bits per heavy atom. The van der Waals surface area contributed by atoms with Gasteiger partial charge in [0.15, 0.2) is 0 Å². The van der Waals surface area contributed by atoms with Gasteiger partial charge in [0.1, 0.15) is 16.8 Å². The van der Waals surface area contributed by atoms with E-state index in [4.69, 9.17) is 9.84 Å². The van der Waals surface area contributed by atoms with Crippen molar-refractivity contribution in [3.8, 4) is 5.75 Å². The number of benzene rings is 2. The number of ether oxygens (including phenoxy) is 1. The van der Waals surface area contributed by atoms with E-state index in [1.54, 1.807) is 27.3 Å². The van der Waals surface area contributed by atoms with Gasteiger partial charge >= 0.3 is 12.1 Å². The molecule has 54 heavy (non-hydrogen) atoms. The van der Waals surface area contributed by atoms with Gasteiger partial charge in [0.2, 0.25) is 15.9 Å². The minimum atomic E-state index is -4.02. The Morgan fingerprint density at radius 3 is 2.44 bits per heavy atom. The number of carboxylic acid groups (broad SMARTS) is 1. The van der Waals surface area contributed by atoms with Crippen molar-refractivity contribution in [2.24, 2.45) is 11.8 Å². The van der Waals surface area contributed by atoms with Gasteiger partial charge in [-0.3, -0.25) is 4.79 Å². The molecule has 1 saturated carbocycles. The van der Waals surface area contributed by atoms with E-state index < -0.39 is 40.2 Å². The molecule has 3 aromatic rings. The molecule has 0 unspecified atom stereocenters. The summed E-state index contributed by atoms with van der Waals surface area (Å²) in [5.74, 6) is 0.0325. The molecule has 5 rings (SSSR count). The average molecular weight is 785 g/mol. The van der Waals surface area contributed by atoms with Gasteiger partial charge in [0.05, 0.1) is 42.9 Å². The molecule has 2 aliphatic rings. The quantitative estimate of drug-likeness (QED) is 0.136. The van der Waals surface area contributed by atoms with Gasteiger partial charge in [-0.25, -0.2) is 23.0 Å². The molecule has 0 spiro atoms. The van der Waals surface area contributed by atoms with Crippen molar-refractivity contribution < 1.29 is 37.8 Å². The summed E-state index contributed by atoms with van der Waals surface area (Å²) in [7, 11) is -2.51. The van der Waals surface area contributed by atoms with Crippen LogP contribution < -0.4 is 15.4 Å². The fourth-order valence-electron chi connectivity index (χ4n) is 7.19. The number of rotatable bonds is 19. The zero-order valence-corrected chi connectivity index (χ0v) is 32.7. The number of hydrogen-bond donors (Lipinski definition) is 4. The normalized spacial score (nSPS) is 17.4. The fourth-order valence-corrected chi connectivity index (χ4v) is 9.45. The molecular formula is C38H52N6O8S2. The fraction of sp³-hybridized carbons (Fsp3) is 0.526. The van der Waals surface area contributed by atoms with Crippen molar-refractivity contribution in [2.75, 3.05) is 33.3 Å². The van der Waals surface area contributed by atoms with Gasteiger partial charge in [0.25, 0.3) is 0 Å². The molecule has 0 bridgehead atoms. The van der Waals surface area contributed by atoms with Crippen molar-refractivity contribution in [1.82, 2.24) is 29.7 Å². The molecule has 1 aliphatic carbocycles. The maximum absolute atomic E-state index is 14.4. The molecule has 16 heteroatoms. The van der Waals surface area contributed by atoms with Gasteiger partial charge in [-0.05, 0) is 60.9 Å². The highest BCUT2D eigenvalue weighted by Gasteiger charge is 2.41. The van der Waals surface area contributed by atoms with Gasteiger partial charge in [0, 0.05) is 31.6 Å². The van der Waals surface area contributed by atoms with Crippen molar-refractivity contribution in [2.45, 2.75) is 88.5 Å². The number of sulfonamides is 1. The molecule has 1 aliphatic heterocycles. The van der Waals surface area contributed by atoms with E-state index in [1.165, 1.54) is 34.9 Å². The first kappa shape index (κ1) is 40.9. The Bertz CT molecular complexity index is 1800. The highest BCUT2D eigenvalue weighted by molar-refractivity contribution is 7.89. The highest BCUT2D eigenvalue weighted by Crippen LogP contribution is 2.29. The molecule has 294 valence electrons. The number of methoxy groups -OCH3 is 1. The molecule has 2 aromatic carbocycles. The summed E-state index contributed by atoms with van der Waals surface area (Å²) in [6.07, 6.45) is 2.27. The van der Waals surface area contributed by atoms with Crippen molar-refractivity contribution >= 4 is 39.4 Å². The lowest BCUT2D eigenvalue weighted by Gasteiger charge is -2.35. The molecule has 0 radical (unpaired) electrons. The third-order valence-electron chi connectivity index (χ3n) is 10.4. The van der Waals surface area contributed by atoms with E-state index in [-0.39, 0.29) is 55.4 Å². The lowest BCUT2D eigenvalue weighted by atomic mass is 9.95. The molecule has 1 aromatic heterocycles. The minimum Gasteiger partial charge on any atom is -0.497 e. The van der Waals surface area contributed by atoms with Crippen molar-refractivity contribution in [1.29, 1.82) is 0 Å². The van der Waals surface area contributed by atoms with Crippen LogP contribution in [0.2, 0.25) is 0 Å². The van der Waals surface area contributed by atoms with Crippen molar-refractivity contribution in [3.63, 3.8) is 0 Å². The first-order valence-corrected chi connectivity index (χ1v) is 20.8. The van der Waals surface area contributed by atoms with Gasteiger partial charge in [-0.1, -0.05) is 63.4 Å². The lowest BCUT2D eigenvalue weighted by Crippen LogP contribution is -2.57. The average Bonchev–Trinajstić information content (AvgIpc) is 3.93. The number of nitrogens with zero attached hydrogens (tertiary/aromatic N) is 4. The Morgan fingerprint density at radius 1 is 1.09 bits per heavy atom. The summed E-state index contributed by atoms with van der Waals surface area (Å²) in [6.45, 7) is 4.84. The number of urea groups is 1. The van der Waals surface area contributed by atoms with Crippen molar-refractivity contribution in [3.05, 3.63) is 76.2 Å². The van der Waals surface area contributed by atoms with E-state index in [2.05, 4.69) is 15.6 Å². The predicted molar refractivity (Wildman–Crippen MR) is 205 cm³/mol. The summed E-state index contributed by atoms with van der Waals surface area (Å²) < 4.78 is 34.9. The second kappa shape index (κ2) is 18.9. The van der Waals surface area contributed by atoms with Crippen LogP contribution in [0.15, 0.2) is 64.9 Å². The number of aliphatic hydroxyl groups is 1. The van der Waals surface area contributed by atoms with E-state index >= 15 is 0 Å². The molecular weight excluding hydrogens is 733 g/mol. The van der Waals surface area contributed by atoms with Crippen LogP contribution in [-0.4, -0.2) is 107 Å². The molecule has 14 nitrogen and oxygen atoms in total. The number of thiazole rings is 1. The Hall–Kier alpha value is -4.25. The van der Waals surface area contributed by atoms with E-state index in [9.17, 15) is 27.9 Å². The molecule has 1 saturated heterocycles. The Kier molecular flexibility index (Phi) is 14.3. The van der Waals surface area contributed by atoms with Gasteiger partial charge < -0.3 is 35.4 Å². The molecule has 4 atom stereocenters. The minimum absolute atomic E-state index is 0.0675. The standard InChI is InChI=1S/C38H52N6O8S2/c1-4-26(2)35(44-19-18-42(38(44)49)23-29-25-53-34(40-29)21-39-37(47)48)36(46)41-32(20-27-10-6-5-7-11-27)33(45)24-43(22-28-12-8-9-13-28)54(50,51)31-16-14-30(52-3)15-17-31/h5-7,10-11,14-17,25-26,28,32-33,35,39,45H,4,8-9,12-13,18-24H2,1-3H3,(H,41,46)(H,47,48)/t26-,32-,33+,35-/m0/s1. The number of aromatic nitrogens is 1. The number of aliphatic hydroxyl groups excluding tert-OH is 1. The summed E-state index contributed by atoms with van der Waals surface area (Å²) in [6, 6.07) is 13.6. The van der Waals surface area contributed by atoms with E-state index in [1.807, 2.05) is 44.2 Å². The smallest absolute Gasteiger partial charge is 0.405 e.